The molecule has 0 radical (unpaired) electrons. The second-order valence-corrected chi connectivity index (χ2v) is 5.97. The normalized spacial score (nSPS) is 24.2. The van der Waals surface area contributed by atoms with Crippen LogP contribution in [0.5, 0.6) is 0 Å². The Labute approximate surface area is 124 Å². The van der Waals surface area contributed by atoms with Crippen LogP contribution in [0.25, 0.3) is 0 Å². The molecule has 2 aliphatic heterocycles. The lowest BCUT2D eigenvalue weighted by atomic mass is 9.87. The van der Waals surface area contributed by atoms with Gasteiger partial charge in [-0.05, 0) is 12.8 Å². The third-order valence-corrected chi connectivity index (χ3v) is 4.59. The Bertz CT molecular complexity index is 434. The molecule has 0 bridgehead atoms. The highest BCUT2D eigenvalue weighted by atomic mass is 16.4. The minimum Gasteiger partial charge on any atom is -0.481 e. The smallest absolute Gasteiger partial charge is 0.320 e. The summed E-state index contributed by atoms with van der Waals surface area (Å²) in [5, 5.41) is 11.6. The fraction of sp³-hybridized carbons (Fsp3) is 0.786. The van der Waals surface area contributed by atoms with Crippen molar-refractivity contribution in [1.29, 1.82) is 0 Å². The van der Waals surface area contributed by atoms with Gasteiger partial charge in [-0.15, -0.1) is 0 Å². The number of carboxylic acid groups (broad SMARTS) is 1. The lowest BCUT2D eigenvalue weighted by Gasteiger charge is -2.44. The Hall–Kier alpha value is -1.79. The van der Waals surface area contributed by atoms with Crippen LogP contribution in [0.2, 0.25) is 0 Å². The molecule has 0 aromatic heterocycles. The minimum absolute atomic E-state index is 0.0199. The molecule has 0 aromatic rings. The first-order valence-corrected chi connectivity index (χ1v) is 7.42. The first-order valence-electron chi connectivity index (χ1n) is 7.42. The van der Waals surface area contributed by atoms with Gasteiger partial charge < -0.3 is 20.2 Å². The molecule has 2 atom stereocenters. The summed E-state index contributed by atoms with van der Waals surface area (Å²) < 4.78 is 0. The van der Waals surface area contributed by atoms with Gasteiger partial charge in [-0.3, -0.25) is 9.59 Å². The maximum Gasteiger partial charge on any atom is 0.320 e. The number of hydrogen-bond acceptors (Lipinski definition) is 3. The first kappa shape index (κ1) is 15.6. The Morgan fingerprint density at radius 2 is 1.86 bits per heavy atom. The number of piperidine rings is 1. The highest BCUT2D eigenvalue weighted by Crippen LogP contribution is 2.26. The molecule has 3 amide bonds. The summed E-state index contributed by atoms with van der Waals surface area (Å²) in [4.78, 5) is 38.3. The molecule has 7 nitrogen and oxygen atoms in total. The summed E-state index contributed by atoms with van der Waals surface area (Å²) in [5.74, 6) is -1.36. The first-order chi connectivity index (χ1) is 9.93. The van der Waals surface area contributed by atoms with Crippen molar-refractivity contribution in [3.05, 3.63) is 0 Å². The van der Waals surface area contributed by atoms with E-state index < -0.39 is 11.9 Å². The Morgan fingerprint density at radius 3 is 2.43 bits per heavy atom. The van der Waals surface area contributed by atoms with Gasteiger partial charge in [0.25, 0.3) is 0 Å². The molecule has 0 aliphatic carbocycles. The number of aliphatic carboxylic acids is 1. The van der Waals surface area contributed by atoms with Crippen LogP contribution in [0.15, 0.2) is 0 Å². The van der Waals surface area contributed by atoms with Crippen LogP contribution in [0.3, 0.4) is 0 Å². The van der Waals surface area contributed by atoms with E-state index in [0.717, 1.165) is 12.8 Å². The van der Waals surface area contributed by atoms with Crippen molar-refractivity contribution in [3.63, 3.8) is 0 Å². The molecule has 2 saturated heterocycles. The van der Waals surface area contributed by atoms with E-state index >= 15 is 0 Å². The van der Waals surface area contributed by atoms with Gasteiger partial charge in [-0.1, -0.05) is 6.92 Å². The largest absolute Gasteiger partial charge is 0.481 e. The second-order valence-electron chi connectivity index (χ2n) is 5.97. The molecule has 21 heavy (non-hydrogen) atoms. The maximum atomic E-state index is 12.3. The lowest BCUT2D eigenvalue weighted by Crippen LogP contribution is -2.59. The maximum absolute atomic E-state index is 12.3. The van der Waals surface area contributed by atoms with Crippen molar-refractivity contribution in [1.82, 2.24) is 15.1 Å². The van der Waals surface area contributed by atoms with Gasteiger partial charge in [0.15, 0.2) is 0 Å². The predicted molar refractivity (Wildman–Crippen MR) is 75.6 cm³/mol. The number of carboxylic acids is 1. The molecule has 118 valence electrons. The monoisotopic (exact) mass is 297 g/mol. The van der Waals surface area contributed by atoms with Crippen LogP contribution in [0.4, 0.5) is 4.79 Å². The van der Waals surface area contributed by atoms with Gasteiger partial charge in [0.2, 0.25) is 5.91 Å². The van der Waals surface area contributed by atoms with Crippen molar-refractivity contribution >= 4 is 17.9 Å². The number of nitrogens with zero attached hydrogens (tertiary/aromatic N) is 2. The molecular weight excluding hydrogens is 274 g/mol. The topological polar surface area (TPSA) is 90.0 Å². The zero-order valence-corrected chi connectivity index (χ0v) is 12.5. The Balaban J connectivity index is 1.84. The highest BCUT2D eigenvalue weighted by molar-refractivity contribution is 5.81. The number of likely N-dealkylation sites (tertiary alicyclic amines) is 2. The quantitative estimate of drug-likeness (QED) is 0.779. The molecule has 2 rings (SSSR count). The minimum atomic E-state index is -0.815. The fourth-order valence-electron chi connectivity index (χ4n) is 2.96. The van der Waals surface area contributed by atoms with E-state index in [1.165, 1.54) is 0 Å². The van der Waals surface area contributed by atoms with Gasteiger partial charge in [-0.25, -0.2) is 4.79 Å². The summed E-state index contributed by atoms with van der Waals surface area (Å²) in [5.41, 5.74) is 0. The number of hydrogen-bond donors (Lipinski definition) is 2. The number of carbonyl (C=O) groups is 3. The molecule has 2 aliphatic rings. The molecule has 0 aromatic carbocycles. The van der Waals surface area contributed by atoms with Gasteiger partial charge in [0, 0.05) is 39.1 Å². The number of rotatable bonds is 3. The summed E-state index contributed by atoms with van der Waals surface area (Å²) in [6.45, 7) is 3.79. The summed E-state index contributed by atoms with van der Waals surface area (Å²) in [7, 11) is 1.61. The summed E-state index contributed by atoms with van der Waals surface area (Å²) >= 11 is 0. The molecule has 2 unspecified atom stereocenters. The molecule has 0 spiro atoms. The zero-order valence-electron chi connectivity index (χ0n) is 12.5. The number of nitrogens with one attached hydrogen (secondary N) is 1. The molecule has 2 heterocycles. The van der Waals surface area contributed by atoms with Gasteiger partial charge in [0.05, 0.1) is 11.8 Å². The number of urea groups is 1. The molecular formula is C14H23N3O4. The number of carbonyl (C=O) groups excluding carboxylic acids is 2. The van der Waals surface area contributed by atoms with Crippen molar-refractivity contribution in [3.8, 4) is 0 Å². The van der Waals surface area contributed by atoms with E-state index in [-0.39, 0.29) is 23.8 Å². The van der Waals surface area contributed by atoms with Crippen LogP contribution in [0.1, 0.15) is 19.8 Å². The van der Waals surface area contributed by atoms with Gasteiger partial charge in [-0.2, -0.15) is 0 Å². The lowest BCUT2D eigenvalue weighted by molar-refractivity contribution is -0.145. The van der Waals surface area contributed by atoms with E-state index in [1.807, 2.05) is 0 Å². The Morgan fingerprint density at radius 1 is 1.19 bits per heavy atom. The highest BCUT2D eigenvalue weighted by Gasteiger charge is 2.40. The Kier molecular flexibility index (Phi) is 4.69. The van der Waals surface area contributed by atoms with Crippen LogP contribution in [0, 0.1) is 17.8 Å². The summed E-state index contributed by atoms with van der Waals surface area (Å²) in [6, 6.07) is -0.0718. The third kappa shape index (κ3) is 3.28. The van der Waals surface area contributed by atoms with Crippen LogP contribution < -0.4 is 5.32 Å². The average Bonchev–Trinajstić information content (AvgIpc) is 2.44. The van der Waals surface area contributed by atoms with E-state index in [1.54, 1.807) is 23.8 Å². The summed E-state index contributed by atoms with van der Waals surface area (Å²) in [6.07, 6.45) is 1.63. The van der Waals surface area contributed by atoms with Crippen molar-refractivity contribution in [2.45, 2.75) is 19.8 Å². The van der Waals surface area contributed by atoms with E-state index in [4.69, 9.17) is 5.11 Å². The standard InChI is InChI=1S/C14H23N3O4/c1-9(13(19)20)11-7-17(8-11)14(21)16-5-3-4-10(6-16)12(18)15-2/h9-11H,3-8H2,1-2H3,(H,15,18)(H,19,20). The molecule has 2 fully saturated rings. The zero-order chi connectivity index (χ0) is 15.6. The van der Waals surface area contributed by atoms with Gasteiger partial charge in [0.1, 0.15) is 0 Å². The molecule has 0 saturated carbocycles. The van der Waals surface area contributed by atoms with E-state index in [2.05, 4.69) is 5.32 Å². The average molecular weight is 297 g/mol. The molecule has 7 heteroatoms. The van der Waals surface area contributed by atoms with Crippen LogP contribution in [-0.4, -0.2) is 66.0 Å². The van der Waals surface area contributed by atoms with Crippen LogP contribution in [-0.2, 0) is 9.59 Å². The fourth-order valence-corrected chi connectivity index (χ4v) is 2.96. The van der Waals surface area contributed by atoms with Crippen LogP contribution >= 0.6 is 0 Å². The predicted octanol–water partition coefficient (Wildman–Crippen LogP) is 0.217. The van der Waals surface area contributed by atoms with Crippen molar-refractivity contribution < 1.29 is 19.5 Å². The number of amides is 3. The van der Waals surface area contributed by atoms with E-state index in [9.17, 15) is 14.4 Å². The van der Waals surface area contributed by atoms with E-state index in [0.29, 0.717) is 26.2 Å². The third-order valence-electron chi connectivity index (χ3n) is 4.59. The second kappa shape index (κ2) is 6.32. The van der Waals surface area contributed by atoms with Crippen molar-refractivity contribution in [2.75, 3.05) is 33.2 Å². The van der Waals surface area contributed by atoms with Crippen molar-refractivity contribution in [2.24, 2.45) is 17.8 Å². The molecule has 2 N–H and O–H groups in total. The van der Waals surface area contributed by atoms with Gasteiger partial charge >= 0.3 is 12.0 Å². The SMILES string of the molecule is CNC(=O)C1CCCN(C(=O)N2CC(C(C)C(=O)O)C2)C1.